The van der Waals surface area contributed by atoms with Gasteiger partial charge >= 0.3 is 6.03 Å². The number of carbonyl (C=O) groups is 1. The van der Waals surface area contributed by atoms with Crippen molar-refractivity contribution in [3.8, 4) is 6.07 Å². The number of carbonyl (C=O) groups excluding carboxylic acids is 1. The number of aliphatic hydroxyl groups excluding tert-OH is 1. The second kappa shape index (κ2) is 7.30. The van der Waals surface area contributed by atoms with Crippen molar-refractivity contribution >= 4 is 6.03 Å². The lowest BCUT2D eigenvalue weighted by Crippen LogP contribution is -2.40. The van der Waals surface area contributed by atoms with Gasteiger partial charge in [0.1, 0.15) is 0 Å². The molecule has 0 radical (unpaired) electrons. The number of nitrogens with one attached hydrogen (secondary N) is 2. The molecule has 0 unspecified atom stereocenters. The lowest BCUT2D eigenvalue weighted by atomic mass is 10.1. The molecule has 0 aliphatic heterocycles. The largest absolute Gasteiger partial charge is 0.396 e. The first kappa shape index (κ1) is 14.0. The fourth-order valence-corrected chi connectivity index (χ4v) is 1.42. The van der Waals surface area contributed by atoms with E-state index in [0.29, 0.717) is 18.5 Å². The van der Waals surface area contributed by atoms with Gasteiger partial charge in [-0.05, 0) is 31.0 Å². The summed E-state index contributed by atoms with van der Waals surface area (Å²) in [4.78, 5) is 11.5. The number of nitrogens with zero attached hydrogens (tertiary/aromatic N) is 1. The van der Waals surface area contributed by atoms with Gasteiger partial charge in [-0.1, -0.05) is 12.1 Å². The van der Waals surface area contributed by atoms with Gasteiger partial charge in [0, 0.05) is 19.2 Å². The topological polar surface area (TPSA) is 85.2 Å². The molecule has 18 heavy (non-hydrogen) atoms. The molecule has 5 heteroatoms. The Bertz CT molecular complexity index is 423. The van der Waals surface area contributed by atoms with Crippen LogP contribution in [-0.4, -0.2) is 23.8 Å². The van der Waals surface area contributed by atoms with Crippen molar-refractivity contribution in [1.29, 1.82) is 5.26 Å². The monoisotopic (exact) mass is 247 g/mol. The van der Waals surface area contributed by atoms with E-state index >= 15 is 0 Å². The number of hydrogen-bond acceptors (Lipinski definition) is 3. The van der Waals surface area contributed by atoms with Gasteiger partial charge in [0.05, 0.1) is 11.6 Å². The van der Waals surface area contributed by atoms with Crippen LogP contribution in [0.2, 0.25) is 0 Å². The van der Waals surface area contributed by atoms with Crippen LogP contribution < -0.4 is 10.6 Å². The lowest BCUT2D eigenvalue weighted by Gasteiger charge is -2.13. The van der Waals surface area contributed by atoms with Crippen molar-refractivity contribution in [2.75, 3.05) is 6.61 Å². The Morgan fingerprint density at radius 1 is 1.44 bits per heavy atom. The molecule has 1 aromatic rings. The molecule has 0 fully saturated rings. The second-order valence-corrected chi connectivity index (χ2v) is 4.05. The molecule has 2 amide bonds. The smallest absolute Gasteiger partial charge is 0.315 e. The quantitative estimate of drug-likeness (QED) is 0.729. The van der Waals surface area contributed by atoms with E-state index in [2.05, 4.69) is 10.6 Å². The van der Waals surface area contributed by atoms with Crippen LogP contribution in [0, 0.1) is 11.3 Å². The number of amides is 2. The lowest BCUT2D eigenvalue weighted by molar-refractivity contribution is 0.230. The van der Waals surface area contributed by atoms with Gasteiger partial charge < -0.3 is 15.7 Å². The first-order chi connectivity index (χ1) is 8.65. The Balaban J connectivity index is 2.35. The first-order valence-corrected chi connectivity index (χ1v) is 5.80. The zero-order valence-corrected chi connectivity index (χ0v) is 10.3. The van der Waals surface area contributed by atoms with Crippen LogP contribution in [0.1, 0.15) is 24.5 Å². The highest BCUT2D eigenvalue weighted by Gasteiger charge is 2.05. The maximum absolute atomic E-state index is 11.5. The molecule has 0 heterocycles. The van der Waals surface area contributed by atoms with E-state index in [1.165, 1.54) is 0 Å². The summed E-state index contributed by atoms with van der Waals surface area (Å²) in [5.41, 5.74) is 1.53. The van der Waals surface area contributed by atoms with Crippen molar-refractivity contribution in [2.45, 2.75) is 25.9 Å². The minimum absolute atomic E-state index is 0.0526. The van der Waals surface area contributed by atoms with Gasteiger partial charge in [-0.25, -0.2) is 4.79 Å². The fourth-order valence-electron chi connectivity index (χ4n) is 1.42. The van der Waals surface area contributed by atoms with Crippen LogP contribution in [-0.2, 0) is 6.54 Å². The highest BCUT2D eigenvalue weighted by atomic mass is 16.3. The van der Waals surface area contributed by atoms with Crippen LogP contribution in [0.15, 0.2) is 24.3 Å². The van der Waals surface area contributed by atoms with Gasteiger partial charge in [-0.3, -0.25) is 0 Å². The first-order valence-electron chi connectivity index (χ1n) is 5.80. The van der Waals surface area contributed by atoms with Crippen LogP contribution >= 0.6 is 0 Å². The van der Waals surface area contributed by atoms with Gasteiger partial charge in [-0.2, -0.15) is 5.26 Å². The number of hydrogen-bond donors (Lipinski definition) is 3. The summed E-state index contributed by atoms with van der Waals surface area (Å²) in [7, 11) is 0. The van der Waals surface area contributed by atoms with Crippen LogP contribution in [0.5, 0.6) is 0 Å². The summed E-state index contributed by atoms with van der Waals surface area (Å²) >= 11 is 0. The van der Waals surface area contributed by atoms with E-state index in [-0.39, 0.29) is 18.7 Å². The van der Waals surface area contributed by atoms with Crippen LogP contribution in [0.25, 0.3) is 0 Å². The van der Waals surface area contributed by atoms with Crippen LogP contribution in [0.3, 0.4) is 0 Å². The number of nitriles is 1. The second-order valence-electron chi connectivity index (χ2n) is 4.05. The van der Waals surface area contributed by atoms with E-state index in [9.17, 15) is 4.79 Å². The minimum atomic E-state index is -0.264. The molecule has 1 rings (SSSR count). The van der Waals surface area contributed by atoms with Gasteiger partial charge in [0.25, 0.3) is 0 Å². The molecule has 0 aliphatic carbocycles. The third-order valence-electron chi connectivity index (χ3n) is 2.48. The highest BCUT2D eigenvalue weighted by molar-refractivity contribution is 5.74. The van der Waals surface area contributed by atoms with Gasteiger partial charge in [0.15, 0.2) is 0 Å². The third-order valence-corrected chi connectivity index (χ3v) is 2.48. The Labute approximate surface area is 106 Å². The predicted molar refractivity (Wildman–Crippen MR) is 67.7 cm³/mol. The molecule has 0 aliphatic rings. The Hall–Kier alpha value is -2.06. The Kier molecular flexibility index (Phi) is 5.68. The molecule has 0 spiro atoms. The summed E-state index contributed by atoms with van der Waals surface area (Å²) in [6, 6.07) is 8.74. The van der Waals surface area contributed by atoms with Crippen molar-refractivity contribution in [2.24, 2.45) is 0 Å². The van der Waals surface area contributed by atoms with E-state index in [1.54, 1.807) is 24.3 Å². The average molecular weight is 247 g/mol. The number of aliphatic hydroxyl groups is 1. The summed E-state index contributed by atoms with van der Waals surface area (Å²) in [5.74, 6) is 0. The Morgan fingerprint density at radius 2 is 2.11 bits per heavy atom. The third kappa shape index (κ3) is 4.85. The molecule has 0 aromatic heterocycles. The molecule has 0 saturated carbocycles. The number of rotatable bonds is 5. The van der Waals surface area contributed by atoms with Crippen molar-refractivity contribution < 1.29 is 9.90 Å². The molecular formula is C13H17N3O2. The number of benzene rings is 1. The van der Waals surface area contributed by atoms with E-state index in [0.717, 1.165) is 5.56 Å². The van der Waals surface area contributed by atoms with Crippen LogP contribution in [0.4, 0.5) is 4.79 Å². The maximum Gasteiger partial charge on any atom is 0.315 e. The van der Waals surface area contributed by atoms with E-state index in [4.69, 9.17) is 10.4 Å². The molecule has 3 N–H and O–H groups in total. The summed E-state index contributed by atoms with van der Waals surface area (Å²) in [6.07, 6.45) is 0.532. The maximum atomic E-state index is 11.5. The molecule has 0 saturated heterocycles. The highest BCUT2D eigenvalue weighted by Crippen LogP contribution is 2.02. The van der Waals surface area contributed by atoms with Gasteiger partial charge in [0.2, 0.25) is 0 Å². The SMILES string of the molecule is C[C@H](CCO)NC(=O)NCc1ccc(C#N)cc1. The summed E-state index contributed by atoms with van der Waals surface area (Å²) in [6.45, 7) is 2.29. The summed E-state index contributed by atoms with van der Waals surface area (Å²) in [5, 5.41) is 22.8. The number of urea groups is 1. The molecular weight excluding hydrogens is 230 g/mol. The molecule has 1 atom stereocenters. The molecule has 96 valence electrons. The minimum Gasteiger partial charge on any atom is -0.396 e. The normalized spacial score (nSPS) is 11.4. The van der Waals surface area contributed by atoms with E-state index in [1.807, 2.05) is 13.0 Å². The molecule has 5 nitrogen and oxygen atoms in total. The van der Waals surface area contributed by atoms with Crippen molar-refractivity contribution in [3.05, 3.63) is 35.4 Å². The standard InChI is InChI=1S/C13H17N3O2/c1-10(6-7-17)16-13(18)15-9-12-4-2-11(8-14)3-5-12/h2-5,10,17H,6-7,9H2,1H3,(H2,15,16,18)/t10-/m1/s1. The average Bonchev–Trinajstić information content (AvgIpc) is 2.37. The van der Waals surface area contributed by atoms with Crippen molar-refractivity contribution in [1.82, 2.24) is 10.6 Å². The predicted octanol–water partition coefficient (Wildman–Crippen LogP) is 1.13. The summed E-state index contributed by atoms with van der Waals surface area (Å²) < 4.78 is 0. The fraction of sp³-hybridized carbons (Fsp3) is 0.385. The zero-order chi connectivity index (χ0) is 13.4. The van der Waals surface area contributed by atoms with Gasteiger partial charge in [-0.15, -0.1) is 0 Å². The zero-order valence-electron chi connectivity index (χ0n) is 10.3. The molecule has 0 bridgehead atoms. The Morgan fingerprint density at radius 3 is 2.67 bits per heavy atom. The van der Waals surface area contributed by atoms with E-state index < -0.39 is 0 Å². The van der Waals surface area contributed by atoms with Crippen molar-refractivity contribution in [3.63, 3.8) is 0 Å². The molecule has 1 aromatic carbocycles.